The molecule has 2 heterocycles. The topological polar surface area (TPSA) is 15.3 Å². The maximum atomic E-state index is 5.64. The van der Waals surface area contributed by atoms with E-state index >= 15 is 0 Å². The summed E-state index contributed by atoms with van der Waals surface area (Å²) in [4.78, 5) is 2.57. The van der Waals surface area contributed by atoms with Crippen LogP contribution in [0.5, 0.6) is 0 Å². The van der Waals surface area contributed by atoms with E-state index in [-0.39, 0.29) is 0 Å². The molecule has 2 aliphatic rings. The standard InChI is InChI=1S/C8H15ClN2/c9-2-1-3-11-6-7-4-8(11)5-10-7/h7-8,10H,1-6H2. The number of halogens is 1. The summed E-state index contributed by atoms with van der Waals surface area (Å²) in [6.45, 7) is 3.65. The third-order valence-electron chi connectivity index (χ3n) is 2.75. The zero-order chi connectivity index (χ0) is 7.68. The minimum absolute atomic E-state index is 0.787. The van der Waals surface area contributed by atoms with Crippen LogP contribution in [0.25, 0.3) is 0 Å². The quantitative estimate of drug-likeness (QED) is 0.633. The molecule has 0 aromatic rings. The molecule has 0 spiro atoms. The van der Waals surface area contributed by atoms with E-state index in [1.807, 2.05) is 0 Å². The van der Waals surface area contributed by atoms with E-state index in [9.17, 15) is 0 Å². The molecule has 64 valence electrons. The molecule has 0 aromatic carbocycles. The predicted octanol–water partition coefficient (Wildman–Crippen LogP) is 0.661. The molecule has 0 amide bonds. The summed E-state index contributed by atoms with van der Waals surface area (Å²) in [6.07, 6.45) is 2.51. The second kappa shape index (κ2) is 3.30. The molecule has 3 heteroatoms. The molecule has 0 radical (unpaired) electrons. The molecular formula is C8H15ClN2. The first-order valence-corrected chi connectivity index (χ1v) is 4.97. The number of fused-ring (bicyclic) bond motifs is 2. The van der Waals surface area contributed by atoms with Crippen molar-refractivity contribution >= 4 is 11.6 Å². The fourth-order valence-electron chi connectivity index (χ4n) is 2.18. The Hall–Kier alpha value is 0.210. The lowest BCUT2D eigenvalue weighted by atomic mass is 10.2. The molecule has 2 atom stereocenters. The first kappa shape index (κ1) is 7.84. The van der Waals surface area contributed by atoms with E-state index in [0.29, 0.717) is 0 Å². The molecule has 2 aliphatic heterocycles. The molecular weight excluding hydrogens is 160 g/mol. The van der Waals surface area contributed by atoms with Gasteiger partial charge in [-0.25, -0.2) is 0 Å². The van der Waals surface area contributed by atoms with Gasteiger partial charge in [0.2, 0.25) is 0 Å². The Morgan fingerprint density at radius 1 is 1.55 bits per heavy atom. The lowest BCUT2D eigenvalue weighted by molar-refractivity contribution is 0.227. The van der Waals surface area contributed by atoms with Crippen LogP contribution in [-0.2, 0) is 0 Å². The lowest BCUT2D eigenvalue weighted by Crippen LogP contribution is -2.43. The van der Waals surface area contributed by atoms with Crippen molar-refractivity contribution in [1.29, 1.82) is 0 Å². The minimum Gasteiger partial charge on any atom is -0.311 e. The number of rotatable bonds is 3. The fourth-order valence-corrected chi connectivity index (χ4v) is 2.30. The third-order valence-corrected chi connectivity index (χ3v) is 3.02. The molecule has 2 bridgehead atoms. The number of likely N-dealkylation sites (tertiary alicyclic amines) is 1. The van der Waals surface area contributed by atoms with Crippen LogP contribution in [0.1, 0.15) is 12.8 Å². The predicted molar refractivity (Wildman–Crippen MR) is 47.1 cm³/mol. The number of hydrogen-bond acceptors (Lipinski definition) is 2. The summed E-state index contributed by atoms with van der Waals surface area (Å²) in [5.41, 5.74) is 0. The molecule has 0 saturated carbocycles. The molecule has 1 N–H and O–H groups in total. The molecule has 0 aliphatic carbocycles. The minimum atomic E-state index is 0.787. The highest BCUT2D eigenvalue weighted by molar-refractivity contribution is 6.17. The molecule has 11 heavy (non-hydrogen) atoms. The molecule has 0 aromatic heterocycles. The summed E-state index contributed by atoms with van der Waals surface area (Å²) < 4.78 is 0. The number of piperazine rings is 1. The van der Waals surface area contributed by atoms with Gasteiger partial charge in [0.05, 0.1) is 0 Å². The zero-order valence-corrected chi connectivity index (χ0v) is 7.48. The second-order valence-electron chi connectivity index (χ2n) is 3.53. The highest BCUT2D eigenvalue weighted by Gasteiger charge is 2.36. The highest BCUT2D eigenvalue weighted by Crippen LogP contribution is 2.22. The molecule has 2 nitrogen and oxygen atoms in total. The van der Waals surface area contributed by atoms with Gasteiger partial charge in [0.1, 0.15) is 0 Å². The Labute approximate surface area is 72.9 Å². The average Bonchev–Trinajstić information content (AvgIpc) is 2.60. The van der Waals surface area contributed by atoms with E-state index in [4.69, 9.17) is 11.6 Å². The Morgan fingerprint density at radius 2 is 2.45 bits per heavy atom. The SMILES string of the molecule is ClCCCN1CC2CC1CN2. The van der Waals surface area contributed by atoms with Crippen molar-refractivity contribution in [2.75, 3.05) is 25.5 Å². The van der Waals surface area contributed by atoms with E-state index in [2.05, 4.69) is 10.2 Å². The van der Waals surface area contributed by atoms with E-state index in [0.717, 1.165) is 24.4 Å². The molecule has 2 saturated heterocycles. The zero-order valence-electron chi connectivity index (χ0n) is 6.72. The average molecular weight is 175 g/mol. The Kier molecular flexibility index (Phi) is 2.35. The van der Waals surface area contributed by atoms with Gasteiger partial charge in [-0.15, -0.1) is 11.6 Å². The third kappa shape index (κ3) is 1.53. The normalized spacial score (nSPS) is 36.8. The molecule has 2 fully saturated rings. The van der Waals surface area contributed by atoms with Crippen molar-refractivity contribution in [3.8, 4) is 0 Å². The maximum absolute atomic E-state index is 5.64. The Morgan fingerprint density at radius 3 is 3.00 bits per heavy atom. The monoisotopic (exact) mass is 174 g/mol. The first-order valence-electron chi connectivity index (χ1n) is 4.43. The van der Waals surface area contributed by atoms with E-state index < -0.39 is 0 Å². The summed E-state index contributed by atoms with van der Waals surface area (Å²) in [5.74, 6) is 0.807. The van der Waals surface area contributed by atoms with Gasteiger partial charge in [0.25, 0.3) is 0 Å². The van der Waals surface area contributed by atoms with Gasteiger partial charge in [-0.1, -0.05) is 0 Å². The van der Waals surface area contributed by atoms with Crippen molar-refractivity contribution in [1.82, 2.24) is 10.2 Å². The number of hydrogen-bond donors (Lipinski definition) is 1. The van der Waals surface area contributed by atoms with Crippen molar-refractivity contribution < 1.29 is 0 Å². The smallest absolute Gasteiger partial charge is 0.0236 e. The van der Waals surface area contributed by atoms with E-state index in [1.165, 1.54) is 26.1 Å². The van der Waals surface area contributed by atoms with Crippen molar-refractivity contribution in [3.05, 3.63) is 0 Å². The van der Waals surface area contributed by atoms with E-state index in [1.54, 1.807) is 0 Å². The summed E-state index contributed by atoms with van der Waals surface area (Å²) in [6, 6.07) is 1.61. The summed E-state index contributed by atoms with van der Waals surface area (Å²) >= 11 is 5.64. The van der Waals surface area contributed by atoms with Gasteiger partial charge in [-0.2, -0.15) is 0 Å². The van der Waals surface area contributed by atoms with Crippen molar-refractivity contribution in [2.45, 2.75) is 24.9 Å². The highest BCUT2D eigenvalue weighted by atomic mass is 35.5. The van der Waals surface area contributed by atoms with Crippen LogP contribution in [0.3, 0.4) is 0 Å². The maximum Gasteiger partial charge on any atom is 0.0236 e. The number of alkyl halides is 1. The van der Waals surface area contributed by atoms with Crippen LogP contribution in [0, 0.1) is 0 Å². The van der Waals surface area contributed by atoms with Crippen LogP contribution in [0.2, 0.25) is 0 Å². The summed E-state index contributed by atoms with van der Waals surface area (Å²) in [7, 11) is 0. The van der Waals surface area contributed by atoms with Gasteiger partial charge in [-0.3, -0.25) is 4.90 Å². The van der Waals surface area contributed by atoms with Gasteiger partial charge in [-0.05, 0) is 19.4 Å². The Balaban J connectivity index is 1.78. The van der Waals surface area contributed by atoms with Crippen LogP contribution < -0.4 is 5.32 Å². The largest absolute Gasteiger partial charge is 0.311 e. The van der Waals surface area contributed by atoms with Crippen molar-refractivity contribution in [2.24, 2.45) is 0 Å². The number of nitrogens with zero attached hydrogens (tertiary/aromatic N) is 1. The number of nitrogens with one attached hydrogen (secondary N) is 1. The van der Waals surface area contributed by atoms with Gasteiger partial charge >= 0.3 is 0 Å². The summed E-state index contributed by atoms with van der Waals surface area (Å²) in [5, 5.41) is 3.49. The Bertz CT molecular complexity index is 140. The molecule has 2 unspecified atom stereocenters. The fraction of sp³-hybridized carbons (Fsp3) is 1.00. The van der Waals surface area contributed by atoms with Gasteiger partial charge in [0, 0.05) is 31.1 Å². The van der Waals surface area contributed by atoms with Gasteiger partial charge < -0.3 is 5.32 Å². The van der Waals surface area contributed by atoms with Crippen LogP contribution >= 0.6 is 11.6 Å². The van der Waals surface area contributed by atoms with Gasteiger partial charge in [0.15, 0.2) is 0 Å². The first-order chi connectivity index (χ1) is 5.40. The second-order valence-corrected chi connectivity index (χ2v) is 3.91. The molecule has 2 rings (SSSR count). The van der Waals surface area contributed by atoms with Crippen molar-refractivity contribution in [3.63, 3.8) is 0 Å². The van der Waals surface area contributed by atoms with Crippen LogP contribution in [0.4, 0.5) is 0 Å². The van der Waals surface area contributed by atoms with Crippen LogP contribution in [-0.4, -0.2) is 42.5 Å². The lowest BCUT2D eigenvalue weighted by Gasteiger charge is -2.26. The van der Waals surface area contributed by atoms with Crippen LogP contribution in [0.15, 0.2) is 0 Å².